The number of furan rings is 1. The van der Waals surface area contributed by atoms with Crippen LogP contribution < -0.4 is 5.32 Å². The Morgan fingerprint density at radius 3 is 2.89 bits per heavy atom. The molecule has 1 saturated carbocycles. The summed E-state index contributed by atoms with van der Waals surface area (Å²) in [5.74, 6) is 0.777. The first kappa shape index (κ1) is 18.3. The Morgan fingerprint density at radius 1 is 1.25 bits per heavy atom. The number of hydrogen-bond donors (Lipinski definition) is 1. The highest BCUT2D eigenvalue weighted by molar-refractivity contribution is 5.74. The van der Waals surface area contributed by atoms with Crippen molar-refractivity contribution in [1.82, 2.24) is 24.8 Å². The molecule has 4 rings (SSSR count). The number of pyridine rings is 1. The Hall–Kier alpha value is -3.09. The van der Waals surface area contributed by atoms with Gasteiger partial charge in [-0.2, -0.15) is 0 Å². The Kier molecular flexibility index (Phi) is 5.70. The van der Waals surface area contributed by atoms with E-state index in [0.29, 0.717) is 13.1 Å². The standard InChI is InChI=1S/C21H25N5O2/c27-21(24-13-18-5-4-9-23-20(18)25-11-10-22-16-25)26(14-17-8-12-28-15-17)19-6-2-1-3-7-19/h4-5,8-12,15-16,19H,1-3,6-7,13-14H2,(H,24,27). The summed E-state index contributed by atoms with van der Waals surface area (Å²) in [7, 11) is 0. The summed E-state index contributed by atoms with van der Waals surface area (Å²) in [5.41, 5.74) is 1.96. The fraction of sp³-hybridized carbons (Fsp3) is 0.381. The van der Waals surface area contributed by atoms with E-state index in [1.165, 1.54) is 19.3 Å². The average Bonchev–Trinajstić information content (AvgIpc) is 3.45. The second-order valence-corrected chi connectivity index (χ2v) is 7.17. The van der Waals surface area contributed by atoms with E-state index in [4.69, 9.17) is 4.42 Å². The second-order valence-electron chi connectivity index (χ2n) is 7.17. The molecule has 28 heavy (non-hydrogen) atoms. The normalized spacial score (nSPS) is 14.7. The van der Waals surface area contributed by atoms with Crippen molar-refractivity contribution in [3.8, 4) is 5.82 Å². The molecule has 0 bridgehead atoms. The predicted molar refractivity (Wildman–Crippen MR) is 105 cm³/mol. The van der Waals surface area contributed by atoms with Crippen molar-refractivity contribution >= 4 is 6.03 Å². The molecule has 0 aromatic carbocycles. The number of rotatable bonds is 6. The molecule has 1 N–H and O–H groups in total. The van der Waals surface area contributed by atoms with Crippen LogP contribution in [-0.4, -0.2) is 31.5 Å². The van der Waals surface area contributed by atoms with Crippen LogP contribution in [0.1, 0.15) is 43.2 Å². The fourth-order valence-corrected chi connectivity index (χ4v) is 3.80. The quantitative estimate of drug-likeness (QED) is 0.705. The summed E-state index contributed by atoms with van der Waals surface area (Å²) in [6.45, 7) is 0.975. The van der Waals surface area contributed by atoms with Crippen LogP contribution in [0.5, 0.6) is 0 Å². The van der Waals surface area contributed by atoms with Gasteiger partial charge >= 0.3 is 6.03 Å². The van der Waals surface area contributed by atoms with Crippen LogP contribution in [0.15, 0.2) is 60.1 Å². The summed E-state index contributed by atoms with van der Waals surface area (Å²) in [4.78, 5) is 23.6. The molecule has 0 atom stereocenters. The van der Waals surface area contributed by atoms with Gasteiger partial charge in [-0.3, -0.25) is 4.57 Å². The van der Waals surface area contributed by atoms with E-state index in [0.717, 1.165) is 29.8 Å². The first-order valence-electron chi connectivity index (χ1n) is 9.79. The number of carbonyl (C=O) groups excluding carboxylic acids is 1. The van der Waals surface area contributed by atoms with Gasteiger partial charge in [-0.25, -0.2) is 14.8 Å². The third-order valence-corrected chi connectivity index (χ3v) is 5.26. The van der Waals surface area contributed by atoms with Gasteiger partial charge in [0.25, 0.3) is 0 Å². The zero-order valence-corrected chi connectivity index (χ0v) is 15.8. The fourth-order valence-electron chi connectivity index (χ4n) is 3.80. The summed E-state index contributed by atoms with van der Waals surface area (Å²) in [5, 5.41) is 3.09. The molecule has 2 amide bonds. The van der Waals surface area contributed by atoms with E-state index in [2.05, 4.69) is 15.3 Å². The molecule has 1 aliphatic carbocycles. The van der Waals surface area contributed by atoms with Gasteiger partial charge in [0.05, 0.1) is 19.1 Å². The van der Waals surface area contributed by atoms with Gasteiger partial charge in [0.15, 0.2) is 0 Å². The molecule has 0 unspecified atom stereocenters. The molecular weight excluding hydrogens is 354 g/mol. The highest BCUT2D eigenvalue weighted by Crippen LogP contribution is 2.24. The number of carbonyl (C=O) groups is 1. The molecule has 7 nitrogen and oxygen atoms in total. The van der Waals surface area contributed by atoms with Crippen LogP contribution in [0, 0.1) is 0 Å². The van der Waals surface area contributed by atoms with Crippen molar-refractivity contribution in [3.63, 3.8) is 0 Å². The van der Waals surface area contributed by atoms with Gasteiger partial charge in [0.2, 0.25) is 0 Å². The van der Waals surface area contributed by atoms with Gasteiger partial charge in [-0.05, 0) is 25.0 Å². The van der Waals surface area contributed by atoms with Gasteiger partial charge < -0.3 is 14.6 Å². The molecule has 0 aliphatic heterocycles. The minimum absolute atomic E-state index is 0.0477. The lowest BCUT2D eigenvalue weighted by Gasteiger charge is -2.34. The Bertz CT molecular complexity index is 870. The summed E-state index contributed by atoms with van der Waals surface area (Å²) >= 11 is 0. The third kappa shape index (κ3) is 4.24. The lowest BCUT2D eigenvalue weighted by atomic mass is 9.94. The van der Waals surface area contributed by atoms with Crippen molar-refractivity contribution in [3.05, 3.63) is 66.8 Å². The zero-order chi connectivity index (χ0) is 19.2. The van der Waals surface area contributed by atoms with Crippen molar-refractivity contribution in [2.75, 3.05) is 0 Å². The largest absolute Gasteiger partial charge is 0.472 e. The molecule has 1 aliphatic rings. The van der Waals surface area contributed by atoms with Crippen molar-refractivity contribution in [2.24, 2.45) is 0 Å². The van der Waals surface area contributed by atoms with Crippen LogP contribution in [0.4, 0.5) is 4.79 Å². The third-order valence-electron chi connectivity index (χ3n) is 5.26. The molecular formula is C21H25N5O2. The summed E-state index contributed by atoms with van der Waals surface area (Å²) < 4.78 is 7.05. The van der Waals surface area contributed by atoms with Gasteiger partial charge in [-0.15, -0.1) is 0 Å². The molecule has 3 heterocycles. The second kappa shape index (κ2) is 8.73. The van der Waals surface area contributed by atoms with Crippen LogP contribution in [0.3, 0.4) is 0 Å². The first-order valence-corrected chi connectivity index (χ1v) is 9.79. The van der Waals surface area contributed by atoms with E-state index in [9.17, 15) is 4.79 Å². The van der Waals surface area contributed by atoms with E-state index in [1.54, 1.807) is 31.2 Å². The molecule has 0 spiro atoms. The molecule has 146 valence electrons. The first-order chi connectivity index (χ1) is 13.8. The Labute approximate surface area is 164 Å². The molecule has 0 radical (unpaired) electrons. The van der Waals surface area contributed by atoms with Crippen LogP contribution in [-0.2, 0) is 13.1 Å². The van der Waals surface area contributed by atoms with Gasteiger partial charge in [-0.1, -0.05) is 25.3 Å². The summed E-state index contributed by atoms with van der Waals surface area (Å²) in [6, 6.07) is 6.00. The number of hydrogen-bond acceptors (Lipinski definition) is 4. The highest BCUT2D eigenvalue weighted by atomic mass is 16.3. The smallest absolute Gasteiger partial charge is 0.318 e. The molecule has 3 aromatic rings. The predicted octanol–water partition coefficient (Wildman–Crippen LogP) is 3.90. The van der Waals surface area contributed by atoms with E-state index >= 15 is 0 Å². The van der Waals surface area contributed by atoms with Gasteiger partial charge in [0, 0.05) is 42.3 Å². The van der Waals surface area contributed by atoms with E-state index < -0.39 is 0 Å². The topological polar surface area (TPSA) is 76.2 Å². The number of aromatic nitrogens is 3. The average molecular weight is 379 g/mol. The highest BCUT2D eigenvalue weighted by Gasteiger charge is 2.26. The molecule has 7 heteroatoms. The van der Waals surface area contributed by atoms with Crippen molar-refractivity contribution < 1.29 is 9.21 Å². The number of nitrogens with zero attached hydrogens (tertiary/aromatic N) is 4. The maximum atomic E-state index is 13.1. The lowest BCUT2D eigenvalue weighted by Crippen LogP contribution is -2.46. The monoisotopic (exact) mass is 379 g/mol. The minimum atomic E-state index is -0.0477. The minimum Gasteiger partial charge on any atom is -0.472 e. The number of imidazole rings is 1. The van der Waals surface area contributed by atoms with Crippen molar-refractivity contribution in [1.29, 1.82) is 0 Å². The maximum Gasteiger partial charge on any atom is 0.318 e. The zero-order valence-electron chi connectivity index (χ0n) is 15.8. The molecule has 0 saturated heterocycles. The number of amides is 2. The molecule has 3 aromatic heterocycles. The maximum absolute atomic E-state index is 13.1. The SMILES string of the molecule is O=C(NCc1cccnc1-n1ccnc1)N(Cc1ccoc1)C1CCCCC1. The van der Waals surface area contributed by atoms with Crippen LogP contribution >= 0.6 is 0 Å². The van der Waals surface area contributed by atoms with E-state index in [1.807, 2.05) is 33.9 Å². The Morgan fingerprint density at radius 2 is 2.14 bits per heavy atom. The lowest BCUT2D eigenvalue weighted by molar-refractivity contribution is 0.150. The van der Waals surface area contributed by atoms with Crippen LogP contribution in [0.2, 0.25) is 0 Å². The Balaban J connectivity index is 1.47. The van der Waals surface area contributed by atoms with Gasteiger partial charge in [0.1, 0.15) is 12.1 Å². The van der Waals surface area contributed by atoms with E-state index in [-0.39, 0.29) is 12.1 Å². The molecule has 1 fully saturated rings. The van der Waals surface area contributed by atoms with Crippen molar-refractivity contribution in [2.45, 2.75) is 51.2 Å². The number of nitrogens with one attached hydrogen (secondary N) is 1. The summed E-state index contributed by atoms with van der Waals surface area (Å²) in [6.07, 6.45) is 16.1. The number of urea groups is 1. The van der Waals surface area contributed by atoms with Crippen LogP contribution in [0.25, 0.3) is 5.82 Å².